The van der Waals surface area contributed by atoms with Crippen molar-refractivity contribution in [3.05, 3.63) is 58.3 Å². The fraction of sp³-hybridized carbons (Fsp3) is 0.353. The Bertz CT molecular complexity index is 947. The molecule has 138 valence electrons. The summed E-state index contributed by atoms with van der Waals surface area (Å²) in [5.74, 6) is -0.0501. The van der Waals surface area contributed by atoms with E-state index in [1.807, 2.05) is 0 Å². The first-order valence-corrected chi connectivity index (χ1v) is 9.97. The topological polar surface area (TPSA) is 121 Å². The smallest absolute Gasteiger partial charge is 0.251 e. The van der Waals surface area contributed by atoms with E-state index in [0.717, 1.165) is 18.5 Å². The molecule has 0 spiro atoms. The monoisotopic (exact) mass is 376 g/mol. The largest absolute Gasteiger partial charge is 0.349 e. The van der Waals surface area contributed by atoms with Crippen LogP contribution in [0.25, 0.3) is 0 Å². The van der Waals surface area contributed by atoms with Crippen LogP contribution in [-0.2, 0) is 10.0 Å². The molecule has 1 amide bonds. The van der Waals surface area contributed by atoms with Crippen LogP contribution in [0.5, 0.6) is 0 Å². The summed E-state index contributed by atoms with van der Waals surface area (Å²) >= 11 is 0. The highest BCUT2D eigenvalue weighted by molar-refractivity contribution is 7.92. The van der Waals surface area contributed by atoms with Crippen LogP contribution in [0.1, 0.15) is 41.7 Å². The molecule has 2 aromatic rings. The van der Waals surface area contributed by atoms with Crippen molar-refractivity contribution in [3.63, 3.8) is 0 Å². The van der Waals surface area contributed by atoms with Crippen molar-refractivity contribution < 1.29 is 13.2 Å². The summed E-state index contributed by atoms with van der Waals surface area (Å²) in [4.78, 5) is 30.2. The Morgan fingerprint density at radius 2 is 1.96 bits per heavy atom. The van der Waals surface area contributed by atoms with Gasteiger partial charge >= 0.3 is 0 Å². The van der Waals surface area contributed by atoms with E-state index in [1.54, 1.807) is 31.2 Å². The third-order valence-electron chi connectivity index (χ3n) is 4.39. The first-order chi connectivity index (χ1) is 12.4. The molecule has 1 aromatic carbocycles. The fourth-order valence-electron chi connectivity index (χ4n) is 2.79. The average molecular weight is 376 g/mol. The molecule has 1 aromatic heterocycles. The second kappa shape index (κ2) is 7.28. The minimum absolute atomic E-state index is 0.0137. The highest BCUT2D eigenvalue weighted by atomic mass is 32.2. The highest BCUT2D eigenvalue weighted by Crippen LogP contribution is 2.35. The number of H-pyrrole nitrogens is 1. The zero-order chi connectivity index (χ0) is 18.7. The molecular weight excluding hydrogens is 356 g/mol. The predicted octanol–water partition coefficient (Wildman–Crippen LogP) is 1.21. The highest BCUT2D eigenvalue weighted by Gasteiger charge is 2.32. The standard InChI is InChI=1S/C17H20N4O4S/c1-2-26(24,25)21-13-5-3-11(4-6-13)17(23)20-14-7-12(8-14)15-9-16(22)19-10-18-15/h3-6,9-10,12,14,21H,2,7-8H2,1H3,(H,20,23)(H,18,19,22). The molecule has 1 saturated carbocycles. The van der Waals surface area contributed by atoms with Gasteiger partial charge in [-0.3, -0.25) is 14.3 Å². The van der Waals surface area contributed by atoms with Gasteiger partial charge < -0.3 is 10.3 Å². The van der Waals surface area contributed by atoms with E-state index in [2.05, 4.69) is 20.0 Å². The van der Waals surface area contributed by atoms with Gasteiger partial charge in [0.2, 0.25) is 10.0 Å². The molecule has 1 aliphatic carbocycles. The summed E-state index contributed by atoms with van der Waals surface area (Å²) in [7, 11) is -3.34. The van der Waals surface area contributed by atoms with Crippen molar-refractivity contribution in [1.82, 2.24) is 15.3 Å². The molecular formula is C17H20N4O4S. The molecule has 8 nitrogen and oxygen atoms in total. The molecule has 0 bridgehead atoms. The second-order valence-electron chi connectivity index (χ2n) is 6.26. The van der Waals surface area contributed by atoms with Gasteiger partial charge in [-0.2, -0.15) is 0 Å². The summed E-state index contributed by atoms with van der Waals surface area (Å²) in [6, 6.07) is 7.80. The minimum Gasteiger partial charge on any atom is -0.349 e. The SMILES string of the molecule is CCS(=O)(=O)Nc1ccc(C(=O)NC2CC(c3cc(=O)[nH]cn3)C2)cc1. The Morgan fingerprint density at radius 1 is 1.27 bits per heavy atom. The summed E-state index contributed by atoms with van der Waals surface area (Å²) < 4.78 is 25.5. The van der Waals surface area contributed by atoms with Crippen LogP contribution in [0.2, 0.25) is 0 Å². The van der Waals surface area contributed by atoms with E-state index in [9.17, 15) is 18.0 Å². The summed E-state index contributed by atoms with van der Waals surface area (Å²) in [5, 5.41) is 2.93. The molecule has 1 fully saturated rings. The van der Waals surface area contributed by atoms with Gasteiger partial charge in [0.15, 0.2) is 0 Å². The maximum Gasteiger partial charge on any atom is 0.251 e. The number of nitrogens with zero attached hydrogens (tertiary/aromatic N) is 1. The molecule has 3 N–H and O–H groups in total. The lowest BCUT2D eigenvalue weighted by molar-refractivity contribution is 0.0908. The Hall–Kier alpha value is -2.68. The number of hydrogen-bond acceptors (Lipinski definition) is 5. The molecule has 0 atom stereocenters. The number of nitrogens with one attached hydrogen (secondary N) is 3. The number of hydrogen-bond donors (Lipinski definition) is 3. The number of aromatic amines is 1. The number of aromatic nitrogens is 2. The summed E-state index contributed by atoms with van der Waals surface area (Å²) in [5.41, 5.74) is 1.45. The molecule has 0 saturated heterocycles. The molecule has 1 heterocycles. The average Bonchev–Trinajstić information content (AvgIpc) is 2.58. The van der Waals surface area contributed by atoms with Crippen LogP contribution >= 0.6 is 0 Å². The van der Waals surface area contributed by atoms with E-state index >= 15 is 0 Å². The zero-order valence-corrected chi connectivity index (χ0v) is 15.0. The summed E-state index contributed by atoms with van der Waals surface area (Å²) in [6.07, 6.45) is 2.85. The van der Waals surface area contributed by atoms with Crippen molar-refractivity contribution in [3.8, 4) is 0 Å². The van der Waals surface area contributed by atoms with Crippen LogP contribution in [0, 0.1) is 0 Å². The molecule has 3 rings (SSSR count). The Morgan fingerprint density at radius 3 is 2.58 bits per heavy atom. The van der Waals surface area contributed by atoms with Crippen molar-refractivity contribution in [2.45, 2.75) is 31.7 Å². The maximum absolute atomic E-state index is 12.3. The molecule has 0 aliphatic heterocycles. The molecule has 9 heteroatoms. The van der Waals surface area contributed by atoms with Gasteiger partial charge in [0.1, 0.15) is 0 Å². The Kier molecular flexibility index (Phi) is 5.08. The van der Waals surface area contributed by atoms with Gasteiger partial charge in [0, 0.05) is 29.3 Å². The lowest BCUT2D eigenvalue weighted by atomic mass is 9.78. The van der Waals surface area contributed by atoms with Gasteiger partial charge in [0.05, 0.1) is 17.8 Å². The third kappa shape index (κ3) is 4.29. The number of benzene rings is 1. The number of amides is 1. The first-order valence-electron chi connectivity index (χ1n) is 8.32. The number of rotatable bonds is 6. The van der Waals surface area contributed by atoms with Crippen LogP contribution in [0.4, 0.5) is 5.69 Å². The molecule has 1 aliphatic rings. The quantitative estimate of drug-likeness (QED) is 0.700. The van der Waals surface area contributed by atoms with Crippen LogP contribution in [-0.4, -0.2) is 36.1 Å². The van der Waals surface area contributed by atoms with Gasteiger partial charge in [-0.15, -0.1) is 0 Å². The predicted molar refractivity (Wildman–Crippen MR) is 97.6 cm³/mol. The number of carbonyl (C=O) groups is 1. The van der Waals surface area contributed by atoms with Gasteiger partial charge in [-0.1, -0.05) is 0 Å². The fourth-order valence-corrected chi connectivity index (χ4v) is 3.43. The lowest BCUT2D eigenvalue weighted by Gasteiger charge is -2.35. The van der Waals surface area contributed by atoms with Crippen LogP contribution in [0.15, 0.2) is 41.5 Å². The van der Waals surface area contributed by atoms with E-state index in [4.69, 9.17) is 0 Å². The van der Waals surface area contributed by atoms with Crippen molar-refractivity contribution in [2.24, 2.45) is 0 Å². The second-order valence-corrected chi connectivity index (χ2v) is 8.27. The lowest BCUT2D eigenvalue weighted by Crippen LogP contribution is -2.43. The van der Waals surface area contributed by atoms with Crippen molar-refractivity contribution >= 4 is 21.6 Å². The van der Waals surface area contributed by atoms with Crippen molar-refractivity contribution in [1.29, 1.82) is 0 Å². The third-order valence-corrected chi connectivity index (χ3v) is 5.70. The first kappa shape index (κ1) is 18.1. The van der Waals surface area contributed by atoms with Crippen LogP contribution < -0.4 is 15.6 Å². The minimum atomic E-state index is -3.34. The van der Waals surface area contributed by atoms with Gasteiger partial charge in [-0.05, 0) is 44.0 Å². The van der Waals surface area contributed by atoms with E-state index < -0.39 is 10.0 Å². The molecule has 0 radical (unpaired) electrons. The number of carbonyl (C=O) groups excluding carboxylic acids is 1. The summed E-state index contributed by atoms with van der Waals surface area (Å²) in [6.45, 7) is 1.55. The normalized spacial score (nSPS) is 19.4. The number of anilines is 1. The van der Waals surface area contributed by atoms with Crippen LogP contribution in [0.3, 0.4) is 0 Å². The number of sulfonamides is 1. The van der Waals surface area contributed by atoms with E-state index in [-0.39, 0.29) is 29.2 Å². The van der Waals surface area contributed by atoms with Crippen molar-refractivity contribution in [2.75, 3.05) is 10.5 Å². The maximum atomic E-state index is 12.3. The molecule has 26 heavy (non-hydrogen) atoms. The Balaban J connectivity index is 1.54. The zero-order valence-electron chi connectivity index (χ0n) is 14.2. The van der Waals surface area contributed by atoms with E-state index in [0.29, 0.717) is 11.3 Å². The van der Waals surface area contributed by atoms with E-state index in [1.165, 1.54) is 12.4 Å². The molecule has 0 unspecified atom stereocenters. The van der Waals surface area contributed by atoms with Gasteiger partial charge in [-0.25, -0.2) is 13.4 Å². The van der Waals surface area contributed by atoms with Gasteiger partial charge in [0.25, 0.3) is 11.5 Å². The Labute approximate surface area is 151 Å².